The zero-order valence-corrected chi connectivity index (χ0v) is 17.4. The first-order chi connectivity index (χ1) is 14.2. The predicted octanol–water partition coefficient (Wildman–Crippen LogP) is 3.60. The van der Waals surface area contributed by atoms with Crippen molar-refractivity contribution in [3.63, 3.8) is 0 Å². The first-order valence-corrected chi connectivity index (χ1v) is 10.7. The number of benzene rings is 1. The van der Waals surface area contributed by atoms with E-state index in [-0.39, 0.29) is 18.6 Å². The second-order valence-corrected chi connectivity index (χ2v) is 8.40. The van der Waals surface area contributed by atoms with Crippen molar-refractivity contribution in [3.8, 4) is 5.69 Å². The molecule has 0 bridgehead atoms. The van der Waals surface area contributed by atoms with Crippen molar-refractivity contribution in [1.82, 2.24) is 19.7 Å². The van der Waals surface area contributed by atoms with Crippen molar-refractivity contribution >= 4 is 34.5 Å². The Morgan fingerprint density at radius 1 is 1.41 bits per heavy atom. The molecule has 152 valence electrons. The molecule has 1 aliphatic rings. The lowest BCUT2D eigenvalue weighted by atomic mass is 10.2. The Bertz CT molecular complexity index is 927. The van der Waals surface area contributed by atoms with Crippen LogP contribution in [0.5, 0.6) is 0 Å². The van der Waals surface area contributed by atoms with Crippen LogP contribution in [0.1, 0.15) is 17.7 Å². The van der Waals surface area contributed by atoms with Crippen molar-refractivity contribution in [3.05, 3.63) is 58.3 Å². The number of halogens is 1. The van der Waals surface area contributed by atoms with E-state index in [1.807, 2.05) is 12.1 Å². The van der Waals surface area contributed by atoms with Gasteiger partial charge >= 0.3 is 0 Å². The Labute approximate surface area is 178 Å². The summed E-state index contributed by atoms with van der Waals surface area (Å²) in [5.41, 5.74) is 1.31. The normalized spacial score (nSPS) is 16.4. The van der Waals surface area contributed by atoms with E-state index in [1.54, 1.807) is 34.5 Å². The maximum Gasteiger partial charge on any atom is 0.238 e. The number of aromatic nitrogens is 3. The summed E-state index contributed by atoms with van der Waals surface area (Å²) in [6.07, 6.45) is 5.32. The number of nitrogens with zero attached hydrogens (tertiary/aromatic N) is 4. The van der Waals surface area contributed by atoms with Crippen LogP contribution in [0.2, 0.25) is 5.02 Å². The molecule has 1 atom stereocenters. The van der Waals surface area contributed by atoms with E-state index in [2.05, 4.69) is 31.7 Å². The molecule has 3 heterocycles. The highest BCUT2D eigenvalue weighted by Gasteiger charge is 2.22. The molecule has 3 aromatic rings. The largest absolute Gasteiger partial charge is 0.377 e. The number of hydrogen-bond acceptors (Lipinski definition) is 6. The molecule has 4 rings (SSSR count). The van der Waals surface area contributed by atoms with Crippen LogP contribution in [-0.2, 0) is 16.1 Å². The van der Waals surface area contributed by atoms with Gasteiger partial charge in [-0.2, -0.15) is 5.10 Å². The van der Waals surface area contributed by atoms with Crippen LogP contribution >= 0.6 is 22.9 Å². The number of amides is 1. The SMILES string of the molecule is O=C(CN(Cc1cccs1)CC1CCCO1)Nc1cc(Cl)ccc1-n1cncn1. The number of carbonyl (C=O) groups excluding carboxylic acids is 1. The molecule has 7 nitrogen and oxygen atoms in total. The van der Waals surface area contributed by atoms with E-state index in [9.17, 15) is 4.79 Å². The monoisotopic (exact) mass is 431 g/mol. The van der Waals surface area contributed by atoms with Gasteiger partial charge < -0.3 is 10.1 Å². The lowest BCUT2D eigenvalue weighted by Crippen LogP contribution is -2.37. The molecule has 0 saturated carbocycles. The van der Waals surface area contributed by atoms with Gasteiger partial charge in [0.25, 0.3) is 0 Å². The third-order valence-corrected chi connectivity index (χ3v) is 5.81. The first kappa shape index (κ1) is 20.0. The van der Waals surface area contributed by atoms with Crippen molar-refractivity contribution in [2.24, 2.45) is 0 Å². The molecule has 1 N–H and O–H groups in total. The van der Waals surface area contributed by atoms with E-state index in [0.29, 0.717) is 16.4 Å². The maximum atomic E-state index is 12.9. The summed E-state index contributed by atoms with van der Waals surface area (Å²) in [7, 11) is 0. The van der Waals surface area contributed by atoms with Crippen molar-refractivity contribution in [2.45, 2.75) is 25.5 Å². The molecule has 0 aliphatic carbocycles. The van der Waals surface area contributed by atoms with Crippen LogP contribution in [0.15, 0.2) is 48.4 Å². The molecule has 1 unspecified atom stereocenters. The highest BCUT2D eigenvalue weighted by molar-refractivity contribution is 7.09. The van der Waals surface area contributed by atoms with Gasteiger partial charge in [-0.05, 0) is 42.5 Å². The van der Waals surface area contributed by atoms with E-state index in [1.165, 1.54) is 11.2 Å². The van der Waals surface area contributed by atoms with Crippen molar-refractivity contribution in [2.75, 3.05) is 25.0 Å². The molecule has 2 aromatic heterocycles. The summed E-state index contributed by atoms with van der Waals surface area (Å²) in [6.45, 7) is 2.52. The van der Waals surface area contributed by atoms with Crippen LogP contribution in [0.4, 0.5) is 5.69 Å². The summed E-state index contributed by atoms with van der Waals surface area (Å²) < 4.78 is 7.38. The predicted molar refractivity (Wildman–Crippen MR) is 114 cm³/mol. The zero-order valence-electron chi connectivity index (χ0n) is 15.8. The minimum atomic E-state index is -0.108. The molecule has 1 aliphatic heterocycles. The zero-order chi connectivity index (χ0) is 20.1. The Morgan fingerprint density at radius 3 is 3.07 bits per heavy atom. The average Bonchev–Trinajstić information content (AvgIpc) is 3.45. The molecule has 1 aromatic carbocycles. The fourth-order valence-corrected chi connectivity index (χ4v) is 4.34. The number of anilines is 1. The minimum Gasteiger partial charge on any atom is -0.377 e. The third-order valence-electron chi connectivity index (χ3n) is 4.71. The maximum absolute atomic E-state index is 12.9. The van der Waals surface area contributed by atoms with Crippen LogP contribution < -0.4 is 5.32 Å². The second-order valence-electron chi connectivity index (χ2n) is 6.93. The molecular weight excluding hydrogens is 410 g/mol. The van der Waals surface area contributed by atoms with Gasteiger partial charge in [-0.25, -0.2) is 9.67 Å². The second kappa shape index (κ2) is 9.49. The number of carbonyl (C=O) groups is 1. The Morgan fingerprint density at radius 2 is 2.34 bits per heavy atom. The summed E-state index contributed by atoms with van der Waals surface area (Å²) in [4.78, 5) is 20.2. The number of rotatable bonds is 8. The first-order valence-electron chi connectivity index (χ1n) is 9.48. The molecule has 29 heavy (non-hydrogen) atoms. The number of thiophene rings is 1. The number of ether oxygens (including phenoxy) is 1. The quantitative estimate of drug-likeness (QED) is 0.590. The number of nitrogens with one attached hydrogen (secondary N) is 1. The van der Waals surface area contributed by atoms with Gasteiger partial charge in [0.15, 0.2) is 0 Å². The van der Waals surface area contributed by atoms with Crippen LogP contribution in [-0.4, -0.2) is 51.4 Å². The summed E-state index contributed by atoms with van der Waals surface area (Å²) >= 11 is 7.85. The van der Waals surface area contributed by atoms with Gasteiger partial charge in [-0.1, -0.05) is 17.7 Å². The highest BCUT2D eigenvalue weighted by atomic mass is 35.5. The van der Waals surface area contributed by atoms with Crippen LogP contribution in [0, 0.1) is 0 Å². The van der Waals surface area contributed by atoms with Gasteiger partial charge in [0.05, 0.1) is 24.0 Å². The third kappa shape index (κ3) is 5.42. The van der Waals surface area contributed by atoms with Gasteiger partial charge in [0.1, 0.15) is 12.7 Å². The fourth-order valence-electron chi connectivity index (χ4n) is 3.42. The minimum absolute atomic E-state index is 0.108. The Kier molecular flexibility index (Phi) is 6.56. The Hall–Kier alpha value is -2.26. The molecule has 9 heteroatoms. The lowest BCUT2D eigenvalue weighted by Gasteiger charge is -2.24. The smallest absolute Gasteiger partial charge is 0.238 e. The standard InChI is InChI=1S/C20H22ClN5O2S/c21-15-5-6-19(26-14-22-13-23-26)18(9-15)24-20(27)12-25(10-16-3-1-7-28-16)11-17-4-2-8-29-17/h2,4-6,8-9,13-14,16H,1,3,7,10-12H2,(H,24,27). The summed E-state index contributed by atoms with van der Waals surface area (Å²) in [5.74, 6) is -0.108. The van der Waals surface area contributed by atoms with Gasteiger partial charge in [-0.3, -0.25) is 9.69 Å². The van der Waals surface area contributed by atoms with Crippen LogP contribution in [0.3, 0.4) is 0 Å². The van der Waals surface area contributed by atoms with E-state index in [0.717, 1.165) is 32.5 Å². The van der Waals surface area contributed by atoms with Crippen molar-refractivity contribution < 1.29 is 9.53 Å². The molecule has 1 saturated heterocycles. The van der Waals surface area contributed by atoms with E-state index < -0.39 is 0 Å². The molecular formula is C20H22ClN5O2S. The molecule has 0 spiro atoms. The topological polar surface area (TPSA) is 72.3 Å². The lowest BCUT2D eigenvalue weighted by molar-refractivity contribution is -0.117. The molecule has 1 fully saturated rings. The fraction of sp³-hybridized carbons (Fsp3) is 0.350. The van der Waals surface area contributed by atoms with Crippen LogP contribution in [0.25, 0.3) is 5.69 Å². The average molecular weight is 432 g/mol. The van der Waals surface area contributed by atoms with Gasteiger partial charge in [0, 0.05) is 29.6 Å². The van der Waals surface area contributed by atoms with E-state index >= 15 is 0 Å². The van der Waals surface area contributed by atoms with Gasteiger partial charge in [0.2, 0.25) is 5.91 Å². The van der Waals surface area contributed by atoms with Crippen molar-refractivity contribution in [1.29, 1.82) is 0 Å². The van der Waals surface area contributed by atoms with E-state index in [4.69, 9.17) is 16.3 Å². The summed E-state index contributed by atoms with van der Waals surface area (Å²) in [6, 6.07) is 9.41. The van der Waals surface area contributed by atoms with Gasteiger partial charge in [-0.15, -0.1) is 11.3 Å². The molecule has 1 amide bonds. The Balaban J connectivity index is 1.47. The summed E-state index contributed by atoms with van der Waals surface area (Å²) in [5, 5.41) is 9.72. The number of hydrogen-bond donors (Lipinski definition) is 1. The highest BCUT2D eigenvalue weighted by Crippen LogP contribution is 2.24. The molecule has 0 radical (unpaired) electrons.